The van der Waals surface area contributed by atoms with Crippen LogP contribution in [-0.2, 0) is 9.73 Å². The number of ether oxygens (including phenoxy) is 1. The number of hydrogen-bond donors (Lipinski definition) is 1. The fourth-order valence-corrected chi connectivity index (χ4v) is 4.15. The molecule has 1 unspecified atom stereocenters. The Kier molecular flexibility index (Phi) is 5.51. The van der Waals surface area contributed by atoms with E-state index >= 15 is 0 Å². The average Bonchev–Trinajstić information content (AvgIpc) is 3.20. The van der Waals surface area contributed by atoms with Gasteiger partial charge in [-0.25, -0.2) is 27.3 Å². The van der Waals surface area contributed by atoms with Crippen LogP contribution in [0.2, 0.25) is 0 Å². The second-order valence-electron chi connectivity index (χ2n) is 6.81. The fraction of sp³-hybridized carbons (Fsp3) is 0.143. The summed E-state index contributed by atoms with van der Waals surface area (Å²) in [6.45, 7) is 0. The largest absolute Gasteiger partial charge is 0.494 e. The van der Waals surface area contributed by atoms with E-state index in [1.807, 2.05) is 0 Å². The molecule has 0 bridgehead atoms. The van der Waals surface area contributed by atoms with Crippen molar-refractivity contribution in [1.82, 2.24) is 14.4 Å². The number of halogens is 3. The van der Waals surface area contributed by atoms with Crippen LogP contribution in [0, 0.1) is 17.5 Å². The number of aromatic nitrogens is 3. The predicted octanol–water partition coefficient (Wildman–Crippen LogP) is 4.65. The third-order valence-electron chi connectivity index (χ3n) is 4.92. The summed E-state index contributed by atoms with van der Waals surface area (Å²) in [6.07, 6.45) is 5.72. The summed E-state index contributed by atoms with van der Waals surface area (Å²) < 4.78 is 65.7. The minimum atomic E-state index is -2.83. The first-order valence-corrected chi connectivity index (χ1v) is 11.2. The Morgan fingerprint density at radius 1 is 1.12 bits per heavy atom. The molecular formula is C21H18F3N5O2S. The van der Waals surface area contributed by atoms with Crippen molar-refractivity contribution in [2.45, 2.75) is 4.90 Å². The third kappa shape index (κ3) is 3.64. The van der Waals surface area contributed by atoms with E-state index in [1.165, 1.54) is 61.5 Å². The Labute approximate surface area is 182 Å². The average molecular weight is 461 g/mol. The molecule has 2 aromatic carbocycles. The normalized spacial score (nSPS) is 13.1. The van der Waals surface area contributed by atoms with Crippen LogP contribution in [0.15, 0.2) is 58.2 Å². The highest BCUT2D eigenvalue weighted by molar-refractivity contribution is 7.93. The van der Waals surface area contributed by atoms with Crippen LogP contribution in [0.3, 0.4) is 0 Å². The second kappa shape index (κ2) is 8.15. The first-order valence-electron chi connectivity index (χ1n) is 9.28. The molecule has 4 rings (SSSR count). The van der Waals surface area contributed by atoms with Crippen molar-refractivity contribution in [2.75, 3.05) is 25.7 Å². The summed E-state index contributed by atoms with van der Waals surface area (Å²) in [5.41, 5.74) is 0.931. The van der Waals surface area contributed by atoms with E-state index in [2.05, 4.69) is 19.6 Å². The summed E-state index contributed by atoms with van der Waals surface area (Å²) in [5.74, 6) is -2.80. The molecule has 0 spiro atoms. The zero-order chi connectivity index (χ0) is 23.0. The van der Waals surface area contributed by atoms with Crippen molar-refractivity contribution in [3.8, 4) is 17.0 Å². The highest BCUT2D eigenvalue weighted by atomic mass is 32.2. The van der Waals surface area contributed by atoms with Crippen LogP contribution < -0.4 is 10.1 Å². The lowest BCUT2D eigenvalue weighted by atomic mass is 10.1. The molecule has 2 aromatic heterocycles. The van der Waals surface area contributed by atoms with Gasteiger partial charge in [-0.15, -0.1) is 0 Å². The summed E-state index contributed by atoms with van der Waals surface area (Å²) in [7, 11) is -0.210. The Morgan fingerprint density at radius 2 is 1.91 bits per heavy atom. The summed E-state index contributed by atoms with van der Waals surface area (Å²) in [6, 6.07) is 6.83. The van der Waals surface area contributed by atoms with Gasteiger partial charge >= 0.3 is 0 Å². The van der Waals surface area contributed by atoms with Gasteiger partial charge in [0, 0.05) is 36.9 Å². The van der Waals surface area contributed by atoms with Gasteiger partial charge in [-0.2, -0.15) is 4.39 Å². The third-order valence-corrected chi connectivity index (χ3v) is 6.77. The van der Waals surface area contributed by atoms with Gasteiger partial charge in [0.25, 0.3) is 0 Å². The maximum absolute atomic E-state index is 14.6. The molecule has 4 aromatic rings. The van der Waals surface area contributed by atoms with Crippen molar-refractivity contribution < 1.29 is 22.1 Å². The maximum Gasteiger partial charge on any atom is 0.201 e. The van der Waals surface area contributed by atoms with Gasteiger partial charge in [-0.05, 0) is 30.3 Å². The number of imidazole rings is 1. The van der Waals surface area contributed by atoms with Crippen molar-refractivity contribution >= 4 is 26.9 Å². The highest BCUT2D eigenvalue weighted by Crippen LogP contribution is 2.31. The van der Waals surface area contributed by atoms with E-state index in [-0.39, 0.29) is 22.0 Å². The Morgan fingerprint density at radius 3 is 2.59 bits per heavy atom. The number of fused-ring (bicyclic) bond motifs is 1. The molecule has 32 heavy (non-hydrogen) atoms. The van der Waals surface area contributed by atoms with Crippen LogP contribution in [-0.4, -0.2) is 39.0 Å². The minimum Gasteiger partial charge on any atom is -0.494 e. The van der Waals surface area contributed by atoms with Gasteiger partial charge in [0.05, 0.1) is 33.6 Å². The molecule has 0 saturated heterocycles. The monoisotopic (exact) mass is 461 g/mol. The Hall–Kier alpha value is -3.60. The summed E-state index contributed by atoms with van der Waals surface area (Å²) >= 11 is 0. The van der Waals surface area contributed by atoms with Crippen LogP contribution in [0.25, 0.3) is 16.9 Å². The van der Waals surface area contributed by atoms with E-state index in [0.29, 0.717) is 17.0 Å². The molecule has 1 N–H and O–H groups in total. The molecule has 0 fully saturated rings. The van der Waals surface area contributed by atoms with Crippen molar-refractivity contribution in [3.63, 3.8) is 0 Å². The predicted molar refractivity (Wildman–Crippen MR) is 115 cm³/mol. The van der Waals surface area contributed by atoms with Crippen LogP contribution >= 0.6 is 0 Å². The molecular weight excluding hydrogens is 443 g/mol. The first kappa shape index (κ1) is 21.6. The molecule has 166 valence electrons. The number of nitrogens with zero attached hydrogens (tertiary/aromatic N) is 4. The molecule has 2 heterocycles. The van der Waals surface area contributed by atoms with E-state index in [1.54, 1.807) is 12.3 Å². The van der Waals surface area contributed by atoms with E-state index in [0.717, 1.165) is 0 Å². The number of anilines is 2. The summed E-state index contributed by atoms with van der Waals surface area (Å²) in [4.78, 5) is 8.47. The molecule has 7 nitrogen and oxygen atoms in total. The van der Waals surface area contributed by atoms with E-state index < -0.39 is 27.2 Å². The van der Waals surface area contributed by atoms with E-state index in [4.69, 9.17) is 4.74 Å². The summed E-state index contributed by atoms with van der Waals surface area (Å²) in [5, 5.41) is 2.95. The zero-order valence-corrected chi connectivity index (χ0v) is 18.1. The van der Waals surface area contributed by atoms with Gasteiger partial charge < -0.3 is 10.1 Å². The number of rotatable bonds is 5. The lowest BCUT2D eigenvalue weighted by molar-refractivity contribution is 0.372. The van der Waals surface area contributed by atoms with Crippen LogP contribution in [0.4, 0.5) is 24.7 Å². The smallest absolute Gasteiger partial charge is 0.201 e. The van der Waals surface area contributed by atoms with Gasteiger partial charge in [-0.3, -0.25) is 4.40 Å². The highest BCUT2D eigenvalue weighted by Gasteiger charge is 2.19. The molecule has 0 aliphatic carbocycles. The molecule has 11 heteroatoms. The van der Waals surface area contributed by atoms with Crippen LogP contribution in [0.1, 0.15) is 0 Å². The van der Waals surface area contributed by atoms with Gasteiger partial charge in [-0.1, -0.05) is 0 Å². The van der Waals surface area contributed by atoms with Crippen molar-refractivity contribution in [3.05, 3.63) is 66.4 Å². The molecule has 0 amide bonds. The SMILES string of the molecule is CN=S(C)(=O)c1ccc(Nc2nccn3c(-c4ccc(OC)c(F)c4F)cnc23)cc1F. The van der Waals surface area contributed by atoms with Gasteiger partial charge in [0.1, 0.15) is 5.82 Å². The quantitative estimate of drug-likeness (QED) is 0.468. The minimum absolute atomic E-state index is 0.00294. The number of hydrogen-bond acceptors (Lipinski definition) is 6. The zero-order valence-electron chi connectivity index (χ0n) is 17.3. The second-order valence-corrected chi connectivity index (χ2v) is 9.22. The molecule has 0 radical (unpaired) electrons. The standard InChI is InChI=1S/C21H18F3N5O2S/c1-25-32(3,30)17-7-4-12(10-14(17)22)28-20-21-27-11-15(29(21)9-8-26-20)13-5-6-16(31-2)19(24)18(13)23/h4-11H,1-3H3,(H,26,28). The van der Waals surface area contributed by atoms with Crippen molar-refractivity contribution in [1.29, 1.82) is 0 Å². The Bertz CT molecular complexity index is 1460. The number of nitrogens with one attached hydrogen (secondary N) is 1. The Balaban J connectivity index is 1.75. The van der Waals surface area contributed by atoms with E-state index in [9.17, 15) is 17.4 Å². The molecule has 1 atom stereocenters. The lowest BCUT2D eigenvalue weighted by Gasteiger charge is -2.11. The lowest BCUT2D eigenvalue weighted by Crippen LogP contribution is -2.03. The van der Waals surface area contributed by atoms with Gasteiger partial charge in [0.15, 0.2) is 23.0 Å². The maximum atomic E-state index is 14.6. The molecule has 0 aliphatic heterocycles. The van der Waals surface area contributed by atoms with Crippen molar-refractivity contribution in [2.24, 2.45) is 4.36 Å². The number of benzene rings is 2. The first-order chi connectivity index (χ1) is 15.3. The topological polar surface area (TPSA) is 80.9 Å². The molecule has 0 saturated carbocycles. The number of methoxy groups -OCH3 is 1. The molecule has 0 aliphatic rings. The van der Waals surface area contributed by atoms with Gasteiger partial charge in [0.2, 0.25) is 5.82 Å². The fourth-order valence-electron chi connectivity index (χ4n) is 3.21. The van der Waals surface area contributed by atoms with Crippen LogP contribution in [0.5, 0.6) is 5.75 Å².